The summed E-state index contributed by atoms with van der Waals surface area (Å²) in [5.74, 6) is 1.26. The fourth-order valence-corrected chi connectivity index (χ4v) is 2.38. The van der Waals surface area contributed by atoms with Crippen LogP contribution in [0.5, 0.6) is 0 Å². The number of aromatic nitrogens is 1. The van der Waals surface area contributed by atoms with Gasteiger partial charge >= 0.3 is 0 Å². The van der Waals surface area contributed by atoms with Crippen molar-refractivity contribution >= 4 is 10.8 Å². The first-order chi connectivity index (χ1) is 6.68. The Morgan fingerprint density at radius 2 is 2.43 bits per heavy atom. The van der Waals surface area contributed by atoms with E-state index in [0.29, 0.717) is 11.5 Å². The van der Waals surface area contributed by atoms with Crippen molar-refractivity contribution in [2.45, 2.75) is 25.1 Å². The molecule has 0 aliphatic heterocycles. The van der Waals surface area contributed by atoms with E-state index in [-0.39, 0.29) is 6.04 Å². The lowest BCUT2D eigenvalue weighted by atomic mass is 10.3. The quantitative estimate of drug-likeness (QED) is 0.794. The molecular formula is C10H16N2OS. The molecule has 1 heterocycles. The highest BCUT2D eigenvalue weighted by atomic mass is 32.2. The topological polar surface area (TPSA) is 56.0 Å². The molecule has 0 amide bonds. The van der Waals surface area contributed by atoms with Gasteiger partial charge in [0.15, 0.2) is 0 Å². The summed E-state index contributed by atoms with van der Waals surface area (Å²) in [4.78, 5) is 3.97. The number of hydrogen-bond acceptors (Lipinski definition) is 3. The van der Waals surface area contributed by atoms with Crippen molar-refractivity contribution in [3.05, 3.63) is 30.1 Å². The second-order valence-electron chi connectivity index (χ2n) is 3.42. The van der Waals surface area contributed by atoms with Gasteiger partial charge in [-0.2, -0.15) is 0 Å². The number of pyridine rings is 1. The second-order valence-corrected chi connectivity index (χ2v) is 4.99. The summed E-state index contributed by atoms with van der Waals surface area (Å²) < 4.78 is 11.5. The van der Waals surface area contributed by atoms with Crippen LogP contribution in [-0.4, -0.2) is 21.0 Å². The van der Waals surface area contributed by atoms with Crippen LogP contribution in [0.15, 0.2) is 24.5 Å². The van der Waals surface area contributed by atoms with Crippen LogP contribution in [0, 0.1) is 0 Å². The largest absolute Gasteiger partial charge is 0.328 e. The van der Waals surface area contributed by atoms with Crippen molar-refractivity contribution in [3.8, 4) is 0 Å². The monoisotopic (exact) mass is 212 g/mol. The Bertz CT molecular complexity index is 287. The molecular weight excluding hydrogens is 196 g/mol. The van der Waals surface area contributed by atoms with Crippen molar-refractivity contribution in [2.75, 3.05) is 5.75 Å². The molecule has 0 fully saturated rings. The van der Waals surface area contributed by atoms with Gasteiger partial charge in [-0.1, -0.05) is 6.07 Å². The van der Waals surface area contributed by atoms with E-state index < -0.39 is 10.8 Å². The van der Waals surface area contributed by atoms with E-state index in [1.54, 1.807) is 12.4 Å². The van der Waals surface area contributed by atoms with Gasteiger partial charge in [0, 0.05) is 35.0 Å². The van der Waals surface area contributed by atoms with E-state index in [9.17, 15) is 4.21 Å². The molecule has 0 bridgehead atoms. The minimum absolute atomic E-state index is 0.132. The Kier molecular flexibility index (Phi) is 4.76. The molecule has 1 aromatic heterocycles. The van der Waals surface area contributed by atoms with Crippen LogP contribution in [0.3, 0.4) is 0 Å². The molecule has 0 radical (unpaired) electrons. The average molecular weight is 212 g/mol. The van der Waals surface area contributed by atoms with Gasteiger partial charge in [0.25, 0.3) is 0 Å². The fourth-order valence-electron chi connectivity index (χ4n) is 1.06. The molecule has 4 heteroatoms. The highest BCUT2D eigenvalue weighted by molar-refractivity contribution is 7.84. The maximum absolute atomic E-state index is 11.5. The minimum atomic E-state index is -0.812. The lowest BCUT2D eigenvalue weighted by molar-refractivity contribution is 0.667. The first-order valence-corrected chi connectivity index (χ1v) is 6.16. The van der Waals surface area contributed by atoms with Crippen molar-refractivity contribution in [1.82, 2.24) is 4.98 Å². The maximum Gasteiger partial charge on any atom is 0.0500 e. The van der Waals surface area contributed by atoms with E-state index in [4.69, 9.17) is 5.73 Å². The maximum atomic E-state index is 11.5. The van der Waals surface area contributed by atoms with Crippen molar-refractivity contribution in [1.29, 1.82) is 0 Å². The van der Waals surface area contributed by atoms with Gasteiger partial charge in [0.05, 0.1) is 5.75 Å². The summed E-state index contributed by atoms with van der Waals surface area (Å²) >= 11 is 0. The van der Waals surface area contributed by atoms with Crippen molar-refractivity contribution in [2.24, 2.45) is 5.73 Å². The molecule has 14 heavy (non-hydrogen) atoms. The molecule has 0 aliphatic rings. The SMILES string of the molecule is CC(N)CCS(=O)Cc1cccnc1. The van der Waals surface area contributed by atoms with Crippen LogP contribution in [-0.2, 0) is 16.6 Å². The Labute approximate surface area is 87.2 Å². The van der Waals surface area contributed by atoms with Gasteiger partial charge in [-0.15, -0.1) is 0 Å². The first kappa shape index (κ1) is 11.3. The molecule has 2 atom stereocenters. The summed E-state index contributed by atoms with van der Waals surface area (Å²) in [6.07, 6.45) is 4.28. The van der Waals surface area contributed by atoms with Gasteiger partial charge < -0.3 is 5.73 Å². The van der Waals surface area contributed by atoms with Crippen LogP contribution >= 0.6 is 0 Å². The molecule has 0 aliphatic carbocycles. The van der Waals surface area contributed by atoms with Crippen molar-refractivity contribution in [3.63, 3.8) is 0 Å². The van der Waals surface area contributed by atoms with Crippen LogP contribution < -0.4 is 5.73 Å². The van der Waals surface area contributed by atoms with Crippen LogP contribution in [0.2, 0.25) is 0 Å². The summed E-state index contributed by atoms with van der Waals surface area (Å²) in [5, 5.41) is 0. The third-order valence-electron chi connectivity index (χ3n) is 1.85. The van der Waals surface area contributed by atoms with Crippen LogP contribution in [0.1, 0.15) is 18.9 Å². The normalized spacial score (nSPS) is 15.0. The molecule has 3 nitrogen and oxygen atoms in total. The lowest BCUT2D eigenvalue weighted by Gasteiger charge is -2.04. The predicted molar refractivity (Wildman–Crippen MR) is 59.2 cm³/mol. The van der Waals surface area contributed by atoms with Crippen LogP contribution in [0.4, 0.5) is 0 Å². The molecule has 2 unspecified atom stereocenters. The molecule has 2 N–H and O–H groups in total. The predicted octanol–water partition coefficient (Wildman–Crippen LogP) is 1.07. The molecule has 1 rings (SSSR count). The third-order valence-corrected chi connectivity index (χ3v) is 3.20. The summed E-state index contributed by atoms with van der Waals surface area (Å²) in [5.41, 5.74) is 6.61. The van der Waals surface area contributed by atoms with Gasteiger partial charge in [-0.05, 0) is 25.0 Å². The Morgan fingerprint density at radius 1 is 1.64 bits per heavy atom. The zero-order valence-corrected chi connectivity index (χ0v) is 9.17. The average Bonchev–Trinajstić information content (AvgIpc) is 2.16. The highest BCUT2D eigenvalue weighted by Crippen LogP contribution is 2.02. The smallest absolute Gasteiger partial charge is 0.0500 e. The zero-order valence-electron chi connectivity index (χ0n) is 8.35. The summed E-state index contributed by atoms with van der Waals surface area (Å²) in [7, 11) is -0.812. The van der Waals surface area contributed by atoms with E-state index >= 15 is 0 Å². The fraction of sp³-hybridized carbons (Fsp3) is 0.500. The third kappa shape index (κ3) is 4.48. The van der Waals surface area contributed by atoms with E-state index in [1.165, 1.54) is 0 Å². The van der Waals surface area contributed by atoms with Gasteiger partial charge in [-0.25, -0.2) is 0 Å². The Balaban J connectivity index is 2.35. The molecule has 0 aromatic carbocycles. The molecule has 0 spiro atoms. The summed E-state index contributed by atoms with van der Waals surface area (Å²) in [6, 6.07) is 3.93. The van der Waals surface area contributed by atoms with Crippen LogP contribution in [0.25, 0.3) is 0 Å². The molecule has 0 saturated carbocycles. The van der Waals surface area contributed by atoms with E-state index in [2.05, 4.69) is 4.98 Å². The molecule has 78 valence electrons. The Hall–Kier alpha value is -0.740. The zero-order chi connectivity index (χ0) is 10.4. The molecule has 0 saturated heterocycles. The van der Waals surface area contributed by atoms with E-state index in [0.717, 1.165) is 12.0 Å². The highest BCUT2D eigenvalue weighted by Gasteiger charge is 2.03. The van der Waals surface area contributed by atoms with E-state index in [1.807, 2.05) is 19.1 Å². The molecule has 1 aromatic rings. The second kappa shape index (κ2) is 5.88. The standard InChI is InChI=1S/C10H16N2OS/c1-9(11)4-6-14(13)8-10-3-2-5-12-7-10/h2-3,5,7,9H,4,6,8,11H2,1H3. The number of nitrogens with zero attached hydrogens (tertiary/aromatic N) is 1. The van der Waals surface area contributed by atoms with Gasteiger partial charge in [0.1, 0.15) is 0 Å². The Morgan fingerprint density at radius 3 is 3.00 bits per heavy atom. The van der Waals surface area contributed by atoms with Crippen molar-refractivity contribution < 1.29 is 4.21 Å². The van der Waals surface area contributed by atoms with Gasteiger partial charge in [0.2, 0.25) is 0 Å². The lowest BCUT2D eigenvalue weighted by Crippen LogP contribution is -2.18. The number of rotatable bonds is 5. The number of nitrogens with two attached hydrogens (primary N) is 1. The summed E-state index contributed by atoms with van der Waals surface area (Å²) in [6.45, 7) is 1.93. The minimum Gasteiger partial charge on any atom is -0.328 e. The number of hydrogen-bond donors (Lipinski definition) is 1. The van der Waals surface area contributed by atoms with Gasteiger partial charge in [-0.3, -0.25) is 9.19 Å². The first-order valence-electron chi connectivity index (χ1n) is 4.68.